The first-order chi connectivity index (χ1) is 9.97. The van der Waals surface area contributed by atoms with E-state index in [2.05, 4.69) is 40.1 Å². The van der Waals surface area contributed by atoms with Crippen molar-refractivity contribution in [3.8, 4) is 0 Å². The molecular formula is C19H35SSn. The average Bonchev–Trinajstić information content (AvgIpc) is 2.89. The summed E-state index contributed by atoms with van der Waals surface area (Å²) >= 11 is 0.0604. The zero-order chi connectivity index (χ0) is 15.7. The molecule has 0 saturated heterocycles. The molecule has 0 fully saturated rings. The van der Waals surface area contributed by atoms with Gasteiger partial charge >= 0.3 is 142 Å². The topological polar surface area (TPSA) is 0 Å². The molecule has 1 aromatic heterocycles. The molecule has 1 unspecified atom stereocenters. The van der Waals surface area contributed by atoms with Gasteiger partial charge < -0.3 is 0 Å². The molecule has 121 valence electrons. The van der Waals surface area contributed by atoms with E-state index in [0.717, 1.165) is 5.92 Å². The summed E-state index contributed by atoms with van der Waals surface area (Å²) in [6.45, 7) is 4.62. The fraction of sp³-hybridized carbons (Fsp3) is 0.789. The molecule has 21 heavy (non-hydrogen) atoms. The zero-order valence-corrected chi connectivity index (χ0v) is 18.6. The molecule has 0 N–H and O–H groups in total. The maximum absolute atomic E-state index is 3.61. The van der Waals surface area contributed by atoms with Crippen LogP contribution in [0.5, 0.6) is 0 Å². The summed E-state index contributed by atoms with van der Waals surface area (Å²) in [5.74, 6) is 0.899. The Morgan fingerprint density at radius 3 is 2.24 bits per heavy atom. The van der Waals surface area contributed by atoms with E-state index >= 15 is 0 Å². The van der Waals surface area contributed by atoms with E-state index in [1.165, 1.54) is 63.4 Å². The second kappa shape index (κ2) is 10.3. The Labute approximate surface area is 141 Å². The van der Waals surface area contributed by atoms with Crippen LogP contribution in [0.1, 0.15) is 70.8 Å². The molecular weight excluding hydrogens is 379 g/mol. The van der Waals surface area contributed by atoms with Crippen molar-refractivity contribution in [2.75, 3.05) is 0 Å². The van der Waals surface area contributed by atoms with Crippen LogP contribution in [0.2, 0.25) is 14.8 Å². The van der Waals surface area contributed by atoms with Crippen LogP contribution in [-0.2, 0) is 6.42 Å². The number of hydrogen-bond donors (Lipinski definition) is 0. The second-order valence-corrected chi connectivity index (χ2v) is 23.8. The van der Waals surface area contributed by atoms with Crippen LogP contribution in [0.15, 0.2) is 6.07 Å². The van der Waals surface area contributed by atoms with Gasteiger partial charge in [0.2, 0.25) is 0 Å². The van der Waals surface area contributed by atoms with E-state index in [1.807, 2.05) is 11.3 Å². The summed E-state index contributed by atoms with van der Waals surface area (Å²) in [6, 6.07) is 2.51. The Morgan fingerprint density at radius 1 is 1.00 bits per heavy atom. The van der Waals surface area contributed by atoms with Crippen molar-refractivity contribution in [2.24, 2.45) is 5.92 Å². The quantitative estimate of drug-likeness (QED) is 0.290. The van der Waals surface area contributed by atoms with Gasteiger partial charge in [0.05, 0.1) is 0 Å². The van der Waals surface area contributed by atoms with Gasteiger partial charge in [0.15, 0.2) is 0 Å². The molecule has 1 rings (SSSR count). The number of hydrogen-bond acceptors (Lipinski definition) is 1. The molecule has 0 saturated carbocycles. The molecule has 0 aliphatic rings. The van der Waals surface area contributed by atoms with Crippen molar-refractivity contribution in [3.63, 3.8) is 0 Å². The Morgan fingerprint density at radius 2 is 1.67 bits per heavy atom. The van der Waals surface area contributed by atoms with Crippen molar-refractivity contribution in [1.29, 1.82) is 0 Å². The molecule has 0 aliphatic carbocycles. The van der Waals surface area contributed by atoms with Gasteiger partial charge in [0, 0.05) is 0 Å². The maximum atomic E-state index is 3.61. The normalized spacial score (nSPS) is 13.6. The van der Waals surface area contributed by atoms with Crippen molar-refractivity contribution in [3.05, 3.63) is 17.0 Å². The van der Waals surface area contributed by atoms with Gasteiger partial charge in [0.1, 0.15) is 0 Å². The predicted molar refractivity (Wildman–Crippen MR) is 102 cm³/mol. The van der Waals surface area contributed by atoms with Crippen LogP contribution in [-0.4, -0.2) is 18.4 Å². The van der Waals surface area contributed by atoms with Crippen LogP contribution in [0.3, 0.4) is 0 Å². The zero-order valence-electron chi connectivity index (χ0n) is 14.9. The van der Waals surface area contributed by atoms with E-state index in [0.29, 0.717) is 0 Å². The van der Waals surface area contributed by atoms with E-state index < -0.39 is 18.4 Å². The van der Waals surface area contributed by atoms with Gasteiger partial charge in [-0.3, -0.25) is 0 Å². The van der Waals surface area contributed by atoms with Crippen LogP contribution >= 0.6 is 11.3 Å². The molecule has 0 aromatic carbocycles. The first-order valence-corrected chi connectivity index (χ1v) is 19.8. The second-order valence-electron chi connectivity index (χ2n) is 7.55. The van der Waals surface area contributed by atoms with Crippen molar-refractivity contribution in [2.45, 2.75) is 86.5 Å². The molecule has 0 nitrogen and oxygen atoms in total. The summed E-state index contributed by atoms with van der Waals surface area (Å²) in [7, 11) is 0. The first-order valence-electron chi connectivity index (χ1n) is 8.98. The van der Waals surface area contributed by atoms with Gasteiger partial charge in [-0.25, -0.2) is 0 Å². The summed E-state index contributed by atoms with van der Waals surface area (Å²) < 4.78 is 1.69. The standard InChI is InChI=1S/C16H26S.3CH3.Sn/c1-3-5-7-8-10-15(9-6-4-2)13-16-11-12-17-14-16;;;;/h11,15H,3-10,13H2,1-2H3;3*1H3;. The van der Waals surface area contributed by atoms with E-state index in [9.17, 15) is 0 Å². The SMILES string of the molecule is CCCCCCC(CCCC)Cc1[c]s[c]([Sn]([CH3])([CH3])[CH3])c1. The first kappa shape index (κ1) is 19.5. The van der Waals surface area contributed by atoms with Crippen LogP contribution in [0, 0.1) is 11.3 Å². The molecule has 0 spiro atoms. The third kappa shape index (κ3) is 8.06. The summed E-state index contributed by atoms with van der Waals surface area (Å²) in [5, 5.41) is 3.61. The summed E-state index contributed by atoms with van der Waals surface area (Å²) in [4.78, 5) is 7.53. The van der Waals surface area contributed by atoms with E-state index in [1.54, 1.807) is 2.89 Å². The average molecular weight is 414 g/mol. The van der Waals surface area contributed by atoms with Crippen LogP contribution < -0.4 is 2.89 Å². The van der Waals surface area contributed by atoms with E-state index in [4.69, 9.17) is 0 Å². The molecule has 1 aromatic rings. The monoisotopic (exact) mass is 415 g/mol. The van der Waals surface area contributed by atoms with Gasteiger partial charge in [-0.15, -0.1) is 0 Å². The Kier molecular flexibility index (Phi) is 9.59. The molecule has 2 heteroatoms. The minimum absolute atomic E-state index is 0.899. The van der Waals surface area contributed by atoms with Gasteiger partial charge in [-0.1, -0.05) is 0 Å². The number of rotatable bonds is 11. The third-order valence-electron chi connectivity index (χ3n) is 4.28. The minimum atomic E-state index is -1.86. The fourth-order valence-corrected chi connectivity index (χ4v) is 8.50. The summed E-state index contributed by atoms with van der Waals surface area (Å²) in [5.41, 5.74) is 1.51. The van der Waals surface area contributed by atoms with Gasteiger partial charge in [0.25, 0.3) is 0 Å². The van der Waals surface area contributed by atoms with Gasteiger partial charge in [-0.05, 0) is 0 Å². The van der Waals surface area contributed by atoms with Gasteiger partial charge in [-0.2, -0.15) is 0 Å². The number of unbranched alkanes of at least 4 members (excludes halogenated alkanes) is 4. The molecule has 1 atom stereocenters. The van der Waals surface area contributed by atoms with Crippen LogP contribution in [0.4, 0.5) is 0 Å². The van der Waals surface area contributed by atoms with Crippen molar-refractivity contribution < 1.29 is 0 Å². The molecule has 1 heterocycles. The molecule has 1 radical (unpaired) electrons. The Bertz CT molecular complexity index is 375. The molecule has 0 amide bonds. The molecule has 0 bridgehead atoms. The third-order valence-corrected chi connectivity index (χ3v) is 14.6. The van der Waals surface area contributed by atoms with Crippen molar-refractivity contribution >= 4 is 32.6 Å². The number of thiophene rings is 1. The summed E-state index contributed by atoms with van der Waals surface area (Å²) in [6.07, 6.45) is 12.5. The fourth-order valence-electron chi connectivity index (χ4n) is 2.82. The molecule has 0 aliphatic heterocycles. The van der Waals surface area contributed by atoms with E-state index in [-0.39, 0.29) is 0 Å². The van der Waals surface area contributed by atoms with Crippen molar-refractivity contribution in [1.82, 2.24) is 0 Å². The Hall–Kier alpha value is 0.499. The van der Waals surface area contributed by atoms with Crippen LogP contribution in [0.25, 0.3) is 0 Å². The Balaban J connectivity index is 2.52. The predicted octanol–water partition coefficient (Wildman–Crippen LogP) is 6.41.